The zero-order valence-corrected chi connectivity index (χ0v) is 17.2. The van der Waals surface area contributed by atoms with Crippen molar-refractivity contribution in [3.8, 4) is 34.4 Å². The van der Waals surface area contributed by atoms with Crippen molar-refractivity contribution >= 4 is 11.6 Å². The van der Waals surface area contributed by atoms with Gasteiger partial charge in [0.15, 0.2) is 11.5 Å². The molecule has 0 spiro atoms. The number of rotatable bonds is 7. The number of nitrogens with zero attached hydrogens (tertiary/aromatic N) is 2. The second kappa shape index (κ2) is 9.13. The second-order valence-electron chi connectivity index (χ2n) is 6.61. The van der Waals surface area contributed by atoms with E-state index in [0.29, 0.717) is 41.1 Å². The molecular formula is C24H21N3O4. The van der Waals surface area contributed by atoms with Gasteiger partial charge in [-0.15, -0.1) is 10.2 Å². The molecule has 0 saturated heterocycles. The fourth-order valence-corrected chi connectivity index (χ4v) is 3.02. The third kappa shape index (κ3) is 4.56. The molecule has 4 aromatic rings. The van der Waals surface area contributed by atoms with Crippen LogP contribution in [0.4, 0.5) is 5.69 Å². The number of methoxy groups -OCH3 is 1. The van der Waals surface area contributed by atoms with Crippen molar-refractivity contribution in [1.82, 2.24) is 10.2 Å². The first-order valence-corrected chi connectivity index (χ1v) is 9.79. The van der Waals surface area contributed by atoms with Crippen LogP contribution in [0.15, 0.2) is 77.2 Å². The Morgan fingerprint density at radius 2 is 1.58 bits per heavy atom. The van der Waals surface area contributed by atoms with Gasteiger partial charge < -0.3 is 19.2 Å². The van der Waals surface area contributed by atoms with Gasteiger partial charge in [-0.2, -0.15) is 0 Å². The molecule has 1 aromatic heterocycles. The van der Waals surface area contributed by atoms with Crippen molar-refractivity contribution in [3.05, 3.63) is 78.4 Å². The molecule has 1 amide bonds. The largest absolute Gasteiger partial charge is 0.493 e. The van der Waals surface area contributed by atoms with Gasteiger partial charge in [0.25, 0.3) is 5.91 Å². The number of benzene rings is 3. The summed E-state index contributed by atoms with van der Waals surface area (Å²) >= 11 is 0. The van der Waals surface area contributed by atoms with Crippen LogP contribution in [0.3, 0.4) is 0 Å². The van der Waals surface area contributed by atoms with Crippen LogP contribution in [-0.2, 0) is 0 Å². The minimum absolute atomic E-state index is 0.242. The van der Waals surface area contributed by atoms with E-state index < -0.39 is 0 Å². The van der Waals surface area contributed by atoms with Crippen LogP contribution in [0.2, 0.25) is 0 Å². The first kappa shape index (κ1) is 20.2. The molecule has 0 aliphatic rings. The van der Waals surface area contributed by atoms with Gasteiger partial charge in [-0.05, 0) is 55.5 Å². The van der Waals surface area contributed by atoms with Crippen LogP contribution in [0.25, 0.3) is 22.9 Å². The number of aromatic nitrogens is 2. The Morgan fingerprint density at radius 3 is 2.23 bits per heavy atom. The predicted molar refractivity (Wildman–Crippen MR) is 117 cm³/mol. The Bertz CT molecular complexity index is 1170. The summed E-state index contributed by atoms with van der Waals surface area (Å²) in [7, 11) is 1.56. The van der Waals surface area contributed by atoms with E-state index in [4.69, 9.17) is 13.9 Å². The molecule has 31 heavy (non-hydrogen) atoms. The van der Waals surface area contributed by atoms with Gasteiger partial charge in [0, 0.05) is 28.4 Å². The van der Waals surface area contributed by atoms with Crippen molar-refractivity contribution in [2.24, 2.45) is 0 Å². The van der Waals surface area contributed by atoms with Gasteiger partial charge in [-0.3, -0.25) is 4.79 Å². The lowest BCUT2D eigenvalue weighted by Crippen LogP contribution is -2.12. The Labute approximate surface area is 179 Å². The highest BCUT2D eigenvalue weighted by molar-refractivity contribution is 6.04. The number of hydrogen-bond donors (Lipinski definition) is 1. The number of amides is 1. The Morgan fingerprint density at radius 1 is 0.903 bits per heavy atom. The summed E-state index contributed by atoms with van der Waals surface area (Å²) in [4.78, 5) is 12.6. The molecule has 0 bridgehead atoms. The zero-order valence-electron chi connectivity index (χ0n) is 17.2. The number of anilines is 1. The van der Waals surface area contributed by atoms with E-state index in [-0.39, 0.29) is 5.91 Å². The predicted octanol–water partition coefficient (Wildman–Crippen LogP) is 5.06. The Hall–Kier alpha value is -4.13. The molecule has 0 aliphatic heterocycles. The van der Waals surface area contributed by atoms with Crippen molar-refractivity contribution in [2.45, 2.75) is 6.92 Å². The highest BCUT2D eigenvalue weighted by Crippen LogP contribution is 2.30. The molecule has 0 saturated carbocycles. The van der Waals surface area contributed by atoms with E-state index in [1.807, 2.05) is 37.3 Å². The third-order valence-corrected chi connectivity index (χ3v) is 4.56. The van der Waals surface area contributed by atoms with Crippen molar-refractivity contribution in [3.63, 3.8) is 0 Å². The topological polar surface area (TPSA) is 86.5 Å². The molecule has 3 aromatic carbocycles. The molecule has 4 rings (SSSR count). The molecule has 7 nitrogen and oxygen atoms in total. The first-order valence-electron chi connectivity index (χ1n) is 9.79. The van der Waals surface area contributed by atoms with Gasteiger partial charge in [0.1, 0.15) is 0 Å². The monoisotopic (exact) mass is 415 g/mol. The van der Waals surface area contributed by atoms with Crippen LogP contribution in [-0.4, -0.2) is 29.8 Å². The van der Waals surface area contributed by atoms with Crippen LogP contribution in [0.5, 0.6) is 11.5 Å². The summed E-state index contributed by atoms with van der Waals surface area (Å²) < 4.78 is 16.6. The maximum Gasteiger partial charge on any atom is 0.255 e. The normalized spacial score (nSPS) is 10.5. The smallest absolute Gasteiger partial charge is 0.255 e. The van der Waals surface area contributed by atoms with Gasteiger partial charge in [-0.25, -0.2) is 0 Å². The lowest BCUT2D eigenvalue weighted by atomic mass is 10.1. The first-order chi connectivity index (χ1) is 15.2. The van der Waals surface area contributed by atoms with E-state index in [2.05, 4.69) is 15.5 Å². The maximum absolute atomic E-state index is 12.6. The Balaban J connectivity index is 1.47. The summed E-state index contributed by atoms with van der Waals surface area (Å²) in [6, 6.07) is 21.8. The molecule has 0 atom stereocenters. The second-order valence-corrected chi connectivity index (χ2v) is 6.61. The number of carbonyl (C=O) groups is 1. The molecule has 1 N–H and O–H groups in total. The van der Waals surface area contributed by atoms with Crippen molar-refractivity contribution < 1.29 is 18.7 Å². The Kier molecular flexibility index (Phi) is 5.93. The molecule has 0 aliphatic carbocycles. The average molecular weight is 415 g/mol. The SMILES string of the molecule is CCOc1ccc(NC(=O)c2ccc(-c3nnc(-c4ccccc4)o3)cc2)cc1OC. The number of nitrogens with one attached hydrogen (secondary N) is 1. The van der Waals surface area contributed by atoms with E-state index in [0.717, 1.165) is 11.1 Å². The van der Waals surface area contributed by atoms with Gasteiger partial charge in [-0.1, -0.05) is 18.2 Å². The van der Waals surface area contributed by atoms with Crippen molar-refractivity contribution in [1.29, 1.82) is 0 Å². The fourth-order valence-electron chi connectivity index (χ4n) is 3.02. The summed E-state index contributed by atoms with van der Waals surface area (Å²) in [6.45, 7) is 2.43. The number of hydrogen-bond acceptors (Lipinski definition) is 6. The van der Waals surface area contributed by atoms with Crippen LogP contribution < -0.4 is 14.8 Å². The molecule has 0 fully saturated rings. The fraction of sp³-hybridized carbons (Fsp3) is 0.125. The van der Waals surface area contributed by atoms with Crippen molar-refractivity contribution in [2.75, 3.05) is 19.0 Å². The lowest BCUT2D eigenvalue weighted by Gasteiger charge is -2.12. The maximum atomic E-state index is 12.6. The molecule has 0 unspecified atom stereocenters. The van der Waals surface area contributed by atoms with Gasteiger partial charge >= 0.3 is 0 Å². The summed E-state index contributed by atoms with van der Waals surface area (Å²) in [5, 5.41) is 11.1. The highest BCUT2D eigenvalue weighted by atomic mass is 16.5. The van der Waals surface area contributed by atoms with E-state index in [9.17, 15) is 4.79 Å². The van der Waals surface area contributed by atoms with E-state index in [1.165, 1.54) is 0 Å². The molecule has 0 radical (unpaired) electrons. The minimum Gasteiger partial charge on any atom is -0.493 e. The summed E-state index contributed by atoms with van der Waals surface area (Å²) in [6.07, 6.45) is 0. The van der Waals surface area contributed by atoms with Gasteiger partial charge in [0.2, 0.25) is 11.8 Å². The summed E-state index contributed by atoms with van der Waals surface area (Å²) in [5.74, 6) is 1.78. The summed E-state index contributed by atoms with van der Waals surface area (Å²) in [5.41, 5.74) is 2.69. The quantitative estimate of drug-likeness (QED) is 0.454. The number of carbonyl (C=O) groups excluding carboxylic acids is 1. The lowest BCUT2D eigenvalue weighted by molar-refractivity contribution is 0.102. The van der Waals surface area contributed by atoms with E-state index >= 15 is 0 Å². The molecule has 156 valence electrons. The van der Waals surface area contributed by atoms with Crippen LogP contribution >= 0.6 is 0 Å². The van der Waals surface area contributed by atoms with Crippen LogP contribution in [0, 0.1) is 0 Å². The standard InChI is InChI=1S/C24H21N3O4/c1-3-30-20-14-13-19(15-21(20)29-2)25-22(28)16-9-11-18(12-10-16)24-27-26-23(31-24)17-7-5-4-6-8-17/h4-15H,3H2,1-2H3,(H,25,28). The van der Waals surface area contributed by atoms with E-state index in [1.54, 1.807) is 49.6 Å². The minimum atomic E-state index is -0.242. The highest BCUT2D eigenvalue weighted by Gasteiger charge is 2.13. The molecule has 1 heterocycles. The number of ether oxygens (including phenoxy) is 2. The van der Waals surface area contributed by atoms with Gasteiger partial charge in [0.05, 0.1) is 13.7 Å². The zero-order chi connectivity index (χ0) is 21.6. The average Bonchev–Trinajstić information content (AvgIpc) is 3.31. The van der Waals surface area contributed by atoms with Crippen LogP contribution in [0.1, 0.15) is 17.3 Å². The molecule has 7 heteroatoms. The molecular weight excluding hydrogens is 394 g/mol. The third-order valence-electron chi connectivity index (χ3n) is 4.56.